The van der Waals surface area contributed by atoms with Gasteiger partial charge in [-0.1, -0.05) is 6.92 Å². The standard InChI is InChI=1S/C14H22N2O2S/c1-3-14(10-17)6-8-16(9-7-14)13(18)15-12-5-4-11(2)19-12/h4-5,17H,3,6-10H2,1-2H3,(H,15,18). The first kappa shape index (κ1) is 14.3. The number of aryl methyl sites for hydroxylation is 1. The Bertz CT molecular complexity index is 430. The summed E-state index contributed by atoms with van der Waals surface area (Å²) in [6.07, 6.45) is 2.75. The number of urea groups is 1. The summed E-state index contributed by atoms with van der Waals surface area (Å²) in [6.45, 7) is 5.82. The molecule has 106 valence electrons. The maximum atomic E-state index is 12.1. The van der Waals surface area contributed by atoms with Crippen molar-refractivity contribution in [3.8, 4) is 0 Å². The molecule has 1 aliphatic rings. The second-order valence-corrected chi connectivity index (χ2v) is 6.63. The lowest BCUT2D eigenvalue weighted by molar-refractivity contribution is 0.0542. The molecule has 0 aromatic carbocycles. The lowest BCUT2D eigenvalue weighted by atomic mass is 9.77. The van der Waals surface area contributed by atoms with Gasteiger partial charge in [0.2, 0.25) is 0 Å². The highest BCUT2D eigenvalue weighted by Crippen LogP contribution is 2.34. The Morgan fingerprint density at radius 2 is 2.16 bits per heavy atom. The number of carbonyl (C=O) groups is 1. The van der Waals surface area contributed by atoms with Crippen LogP contribution in [0.3, 0.4) is 0 Å². The molecule has 0 spiro atoms. The second-order valence-electron chi connectivity index (χ2n) is 5.34. The molecule has 2 N–H and O–H groups in total. The fraction of sp³-hybridized carbons (Fsp3) is 0.643. The van der Waals surface area contributed by atoms with Crippen LogP contribution in [0.25, 0.3) is 0 Å². The number of nitrogens with zero attached hydrogens (tertiary/aromatic N) is 1. The highest BCUT2D eigenvalue weighted by atomic mass is 32.1. The molecule has 1 aromatic heterocycles. The summed E-state index contributed by atoms with van der Waals surface area (Å²) in [5, 5.41) is 13.3. The van der Waals surface area contributed by atoms with Crippen molar-refractivity contribution in [3.05, 3.63) is 17.0 Å². The van der Waals surface area contributed by atoms with Gasteiger partial charge in [-0.15, -0.1) is 11.3 Å². The van der Waals surface area contributed by atoms with E-state index in [4.69, 9.17) is 0 Å². The van der Waals surface area contributed by atoms with Crippen LogP contribution < -0.4 is 5.32 Å². The Labute approximate surface area is 118 Å². The highest BCUT2D eigenvalue weighted by Gasteiger charge is 2.33. The molecule has 2 amide bonds. The van der Waals surface area contributed by atoms with Gasteiger partial charge < -0.3 is 10.0 Å². The minimum atomic E-state index is -0.0236. The second kappa shape index (κ2) is 5.92. The van der Waals surface area contributed by atoms with Crippen molar-refractivity contribution >= 4 is 22.4 Å². The molecule has 19 heavy (non-hydrogen) atoms. The lowest BCUT2D eigenvalue weighted by Gasteiger charge is -2.40. The van der Waals surface area contributed by atoms with Crippen LogP contribution >= 0.6 is 11.3 Å². The summed E-state index contributed by atoms with van der Waals surface area (Å²) < 4.78 is 0. The first-order valence-electron chi connectivity index (χ1n) is 6.82. The maximum Gasteiger partial charge on any atom is 0.322 e. The van der Waals surface area contributed by atoms with Crippen molar-refractivity contribution in [3.63, 3.8) is 0 Å². The Kier molecular flexibility index (Phi) is 4.47. The van der Waals surface area contributed by atoms with Crippen molar-refractivity contribution < 1.29 is 9.90 Å². The minimum Gasteiger partial charge on any atom is -0.396 e. The van der Waals surface area contributed by atoms with Gasteiger partial charge in [-0.25, -0.2) is 4.79 Å². The van der Waals surface area contributed by atoms with Gasteiger partial charge in [0.25, 0.3) is 0 Å². The number of nitrogens with one attached hydrogen (secondary N) is 1. The average molecular weight is 282 g/mol. The minimum absolute atomic E-state index is 0.0236. The van der Waals surface area contributed by atoms with Gasteiger partial charge in [0, 0.05) is 24.6 Å². The number of rotatable bonds is 3. The predicted octanol–water partition coefficient (Wildman–Crippen LogP) is 3.07. The van der Waals surface area contributed by atoms with Gasteiger partial charge in [0.05, 0.1) is 5.00 Å². The van der Waals surface area contributed by atoms with Gasteiger partial charge in [-0.05, 0) is 43.7 Å². The van der Waals surface area contributed by atoms with Crippen molar-refractivity contribution in [1.82, 2.24) is 4.90 Å². The molecular formula is C14H22N2O2S. The maximum absolute atomic E-state index is 12.1. The molecule has 0 radical (unpaired) electrons. The molecule has 0 unspecified atom stereocenters. The van der Waals surface area contributed by atoms with E-state index in [1.807, 2.05) is 24.0 Å². The number of hydrogen-bond donors (Lipinski definition) is 2. The molecular weight excluding hydrogens is 260 g/mol. The van der Waals surface area contributed by atoms with E-state index in [1.54, 1.807) is 11.3 Å². The molecule has 0 bridgehead atoms. The molecule has 0 atom stereocenters. The summed E-state index contributed by atoms with van der Waals surface area (Å²) in [7, 11) is 0. The van der Waals surface area contributed by atoms with Gasteiger partial charge >= 0.3 is 6.03 Å². The van der Waals surface area contributed by atoms with Crippen LogP contribution in [0, 0.1) is 12.3 Å². The predicted molar refractivity (Wildman–Crippen MR) is 78.7 cm³/mol. The Morgan fingerprint density at radius 1 is 1.47 bits per heavy atom. The molecule has 4 nitrogen and oxygen atoms in total. The van der Waals surface area contributed by atoms with E-state index >= 15 is 0 Å². The van der Waals surface area contributed by atoms with Crippen LogP contribution in [-0.2, 0) is 0 Å². The SMILES string of the molecule is CCC1(CO)CCN(C(=O)Nc2ccc(C)s2)CC1. The number of thiophene rings is 1. The monoisotopic (exact) mass is 282 g/mol. The number of anilines is 1. The summed E-state index contributed by atoms with van der Waals surface area (Å²) in [5.74, 6) is 0. The van der Waals surface area contributed by atoms with E-state index in [0.29, 0.717) is 0 Å². The van der Waals surface area contributed by atoms with Crippen LogP contribution in [0.4, 0.5) is 9.80 Å². The quantitative estimate of drug-likeness (QED) is 0.895. The number of piperidine rings is 1. The molecule has 0 saturated carbocycles. The van der Waals surface area contributed by atoms with Crippen molar-refractivity contribution in [2.75, 3.05) is 25.0 Å². The smallest absolute Gasteiger partial charge is 0.322 e. The van der Waals surface area contributed by atoms with Crippen molar-refractivity contribution in [1.29, 1.82) is 0 Å². The Balaban J connectivity index is 1.89. The largest absolute Gasteiger partial charge is 0.396 e. The van der Waals surface area contributed by atoms with Crippen LogP contribution in [0.5, 0.6) is 0 Å². The first-order chi connectivity index (χ1) is 9.08. The molecule has 2 rings (SSSR count). The van der Waals surface area contributed by atoms with Gasteiger partial charge in [-0.2, -0.15) is 0 Å². The molecule has 1 fully saturated rings. The van der Waals surface area contributed by atoms with E-state index in [-0.39, 0.29) is 18.1 Å². The Hall–Kier alpha value is -1.07. The first-order valence-corrected chi connectivity index (χ1v) is 7.63. The van der Waals surface area contributed by atoms with Crippen LogP contribution in [-0.4, -0.2) is 35.7 Å². The van der Waals surface area contributed by atoms with E-state index < -0.39 is 0 Å². The van der Waals surface area contributed by atoms with E-state index in [0.717, 1.165) is 37.4 Å². The number of aliphatic hydroxyl groups excluding tert-OH is 1. The Morgan fingerprint density at radius 3 is 2.63 bits per heavy atom. The normalized spacial score (nSPS) is 18.4. The van der Waals surface area contributed by atoms with Crippen molar-refractivity contribution in [2.45, 2.75) is 33.1 Å². The van der Waals surface area contributed by atoms with Crippen LogP contribution in [0.15, 0.2) is 12.1 Å². The third-order valence-corrected chi connectivity index (χ3v) is 5.08. The fourth-order valence-corrected chi connectivity index (χ4v) is 3.25. The zero-order chi connectivity index (χ0) is 13.9. The zero-order valence-corrected chi connectivity index (χ0v) is 12.4. The number of amides is 2. The van der Waals surface area contributed by atoms with Gasteiger partial charge in [-0.3, -0.25) is 5.32 Å². The molecule has 1 saturated heterocycles. The summed E-state index contributed by atoms with van der Waals surface area (Å²) in [6, 6.07) is 3.92. The fourth-order valence-electron chi connectivity index (χ4n) is 2.49. The summed E-state index contributed by atoms with van der Waals surface area (Å²) in [5.41, 5.74) is 0.0241. The van der Waals surface area contributed by atoms with E-state index in [9.17, 15) is 9.90 Å². The topological polar surface area (TPSA) is 52.6 Å². The van der Waals surface area contributed by atoms with Gasteiger partial charge in [0.15, 0.2) is 0 Å². The summed E-state index contributed by atoms with van der Waals surface area (Å²) >= 11 is 1.59. The van der Waals surface area contributed by atoms with Crippen LogP contribution in [0.1, 0.15) is 31.1 Å². The molecule has 5 heteroatoms. The van der Waals surface area contributed by atoms with Crippen molar-refractivity contribution in [2.24, 2.45) is 5.41 Å². The number of likely N-dealkylation sites (tertiary alicyclic amines) is 1. The highest BCUT2D eigenvalue weighted by molar-refractivity contribution is 7.16. The van der Waals surface area contributed by atoms with Gasteiger partial charge in [0.1, 0.15) is 0 Å². The van der Waals surface area contributed by atoms with E-state index in [2.05, 4.69) is 12.2 Å². The molecule has 0 aliphatic carbocycles. The van der Waals surface area contributed by atoms with E-state index in [1.165, 1.54) is 4.88 Å². The number of aliphatic hydroxyl groups is 1. The summed E-state index contributed by atoms with van der Waals surface area (Å²) in [4.78, 5) is 15.2. The number of hydrogen-bond acceptors (Lipinski definition) is 3. The van der Waals surface area contributed by atoms with Crippen LogP contribution in [0.2, 0.25) is 0 Å². The molecule has 2 heterocycles. The zero-order valence-electron chi connectivity index (χ0n) is 11.6. The number of carbonyl (C=O) groups excluding carboxylic acids is 1. The third kappa shape index (κ3) is 3.28. The lowest BCUT2D eigenvalue weighted by Crippen LogP contribution is -2.45. The molecule has 1 aliphatic heterocycles. The average Bonchev–Trinajstić information content (AvgIpc) is 2.84. The third-order valence-electron chi connectivity index (χ3n) is 4.17. The molecule has 1 aromatic rings.